The van der Waals surface area contributed by atoms with Crippen molar-refractivity contribution in [1.29, 1.82) is 0 Å². The largest absolute Gasteiger partial charge is 0.381 e. The maximum atomic E-state index is 5.74. The summed E-state index contributed by atoms with van der Waals surface area (Å²) in [5, 5.41) is 0. The lowest BCUT2D eigenvalue weighted by Gasteiger charge is -2.20. The number of hydrogen-bond donors (Lipinski definition) is 0. The Balaban J connectivity index is 3.69. The van der Waals surface area contributed by atoms with Gasteiger partial charge in [0.25, 0.3) is 0 Å². The summed E-state index contributed by atoms with van der Waals surface area (Å²) >= 11 is 0. The second kappa shape index (κ2) is 9.21. The van der Waals surface area contributed by atoms with E-state index in [-0.39, 0.29) is 0 Å². The van der Waals surface area contributed by atoms with Crippen LogP contribution in [0, 0.1) is 17.8 Å². The smallest absolute Gasteiger partial charge is 0.0494 e. The van der Waals surface area contributed by atoms with Gasteiger partial charge in [0.15, 0.2) is 0 Å². The van der Waals surface area contributed by atoms with Crippen molar-refractivity contribution in [3.8, 4) is 0 Å². The van der Waals surface area contributed by atoms with Crippen molar-refractivity contribution in [1.82, 2.24) is 0 Å². The van der Waals surface area contributed by atoms with Crippen LogP contribution in [-0.4, -0.2) is 13.2 Å². The minimum absolute atomic E-state index is 0.766. The van der Waals surface area contributed by atoms with Gasteiger partial charge in [-0.15, -0.1) is 0 Å². The van der Waals surface area contributed by atoms with Crippen LogP contribution < -0.4 is 0 Å². The highest BCUT2D eigenvalue weighted by atomic mass is 16.5. The zero-order valence-corrected chi connectivity index (χ0v) is 11.4. The monoisotopic (exact) mass is 214 g/mol. The zero-order chi connectivity index (χ0) is 11.7. The topological polar surface area (TPSA) is 9.23 Å². The standard InChI is InChI=1S/C14H30O/c1-6-7-8-15-11-14(9-12(2)3)10-13(4)5/h12-14H,6-11H2,1-5H3. The van der Waals surface area contributed by atoms with E-state index in [0.29, 0.717) is 0 Å². The summed E-state index contributed by atoms with van der Waals surface area (Å²) in [5.74, 6) is 2.36. The van der Waals surface area contributed by atoms with Crippen molar-refractivity contribution in [2.24, 2.45) is 17.8 Å². The number of ether oxygens (including phenoxy) is 1. The summed E-state index contributed by atoms with van der Waals surface area (Å²) in [6.45, 7) is 13.3. The third-order valence-electron chi connectivity index (χ3n) is 2.61. The van der Waals surface area contributed by atoms with Crippen LogP contribution in [0.25, 0.3) is 0 Å². The SMILES string of the molecule is CCCCOCC(CC(C)C)CC(C)C. The Bertz CT molecular complexity index is 119. The fourth-order valence-electron chi connectivity index (χ4n) is 2.06. The first kappa shape index (κ1) is 15.0. The molecule has 0 saturated carbocycles. The molecular formula is C14H30O. The van der Waals surface area contributed by atoms with Gasteiger partial charge in [0.05, 0.1) is 0 Å². The van der Waals surface area contributed by atoms with Crippen LogP contribution in [0.2, 0.25) is 0 Å². The molecule has 0 N–H and O–H groups in total. The van der Waals surface area contributed by atoms with Crippen LogP contribution in [0.1, 0.15) is 60.3 Å². The van der Waals surface area contributed by atoms with E-state index in [4.69, 9.17) is 4.74 Å². The van der Waals surface area contributed by atoms with Crippen molar-refractivity contribution in [3.63, 3.8) is 0 Å². The van der Waals surface area contributed by atoms with E-state index < -0.39 is 0 Å². The van der Waals surface area contributed by atoms with Gasteiger partial charge in [0.1, 0.15) is 0 Å². The van der Waals surface area contributed by atoms with Crippen molar-refractivity contribution in [2.75, 3.05) is 13.2 Å². The first-order valence-corrected chi connectivity index (χ1v) is 6.64. The lowest BCUT2D eigenvalue weighted by molar-refractivity contribution is 0.0815. The Morgan fingerprint density at radius 2 is 1.47 bits per heavy atom. The van der Waals surface area contributed by atoms with Gasteiger partial charge in [-0.25, -0.2) is 0 Å². The fraction of sp³-hybridized carbons (Fsp3) is 1.00. The van der Waals surface area contributed by atoms with Gasteiger partial charge < -0.3 is 4.74 Å². The van der Waals surface area contributed by atoms with Crippen LogP contribution in [0.5, 0.6) is 0 Å². The van der Waals surface area contributed by atoms with E-state index in [2.05, 4.69) is 34.6 Å². The van der Waals surface area contributed by atoms with Crippen molar-refractivity contribution in [3.05, 3.63) is 0 Å². The summed E-state index contributed by atoms with van der Waals surface area (Å²) in [5.41, 5.74) is 0. The molecule has 0 aliphatic carbocycles. The zero-order valence-electron chi connectivity index (χ0n) is 11.4. The van der Waals surface area contributed by atoms with E-state index in [1.807, 2.05) is 0 Å². The number of hydrogen-bond acceptors (Lipinski definition) is 1. The second-order valence-electron chi connectivity index (χ2n) is 5.55. The summed E-state index contributed by atoms with van der Waals surface area (Å²) in [7, 11) is 0. The minimum atomic E-state index is 0.766. The summed E-state index contributed by atoms with van der Waals surface area (Å²) in [6.07, 6.45) is 5.06. The predicted molar refractivity (Wildman–Crippen MR) is 68.1 cm³/mol. The summed E-state index contributed by atoms with van der Waals surface area (Å²) in [6, 6.07) is 0. The Labute approximate surface area is 96.6 Å². The normalized spacial score (nSPS) is 12.0. The maximum absolute atomic E-state index is 5.74. The van der Waals surface area contributed by atoms with Crippen LogP contribution in [-0.2, 0) is 4.74 Å². The average Bonchev–Trinajstić information content (AvgIpc) is 2.10. The molecule has 0 heterocycles. The van der Waals surface area contributed by atoms with Gasteiger partial charge in [0, 0.05) is 13.2 Å². The highest BCUT2D eigenvalue weighted by molar-refractivity contribution is 4.63. The van der Waals surface area contributed by atoms with Gasteiger partial charge in [0.2, 0.25) is 0 Å². The molecule has 0 radical (unpaired) electrons. The van der Waals surface area contributed by atoms with Crippen LogP contribution in [0.15, 0.2) is 0 Å². The second-order valence-corrected chi connectivity index (χ2v) is 5.55. The Kier molecular flexibility index (Phi) is 9.18. The van der Waals surface area contributed by atoms with Gasteiger partial charge >= 0.3 is 0 Å². The molecule has 0 rings (SSSR count). The molecule has 0 unspecified atom stereocenters. The number of rotatable bonds is 9. The fourth-order valence-corrected chi connectivity index (χ4v) is 2.06. The highest BCUT2D eigenvalue weighted by Gasteiger charge is 2.12. The van der Waals surface area contributed by atoms with Gasteiger partial charge in [-0.3, -0.25) is 0 Å². The molecule has 0 bridgehead atoms. The molecule has 15 heavy (non-hydrogen) atoms. The van der Waals surface area contributed by atoms with Crippen molar-refractivity contribution < 1.29 is 4.74 Å². The highest BCUT2D eigenvalue weighted by Crippen LogP contribution is 2.20. The molecule has 1 nitrogen and oxygen atoms in total. The van der Waals surface area contributed by atoms with Gasteiger partial charge in [-0.2, -0.15) is 0 Å². The molecule has 0 fully saturated rings. The van der Waals surface area contributed by atoms with Crippen LogP contribution in [0.3, 0.4) is 0 Å². The van der Waals surface area contributed by atoms with Gasteiger partial charge in [-0.1, -0.05) is 41.0 Å². The molecule has 0 amide bonds. The van der Waals surface area contributed by atoms with Crippen molar-refractivity contribution in [2.45, 2.75) is 60.3 Å². The summed E-state index contributed by atoms with van der Waals surface area (Å²) in [4.78, 5) is 0. The molecule has 0 spiro atoms. The molecule has 0 aromatic heterocycles. The maximum Gasteiger partial charge on any atom is 0.0494 e. The third kappa shape index (κ3) is 10.2. The minimum Gasteiger partial charge on any atom is -0.381 e. The van der Waals surface area contributed by atoms with E-state index >= 15 is 0 Å². The first-order valence-electron chi connectivity index (χ1n) is 6.64. The Hall–Kier alpha value is -0.0400. The summed E-state index contributed by atoms with van der Waals surface area (Å²) < 4.78 is 5.74. The Morgan fingerprint density at radius 1 is 0.933 bits per heavy atom. The molecule has 92 valence electrons. The van der Waals surface area contributed by atoms with Crippen LogP contribution in [0.4, 0.5) is 0 Å². The van der Waals surface area contributed by atoms with Crippen molar-refractivity contribution >= 4 is 0 Å². The molecule has 0 saturated heterocycles. The first-order chi connectivity index (χ1) is 7.06. The van der Waals surface area contributed by atoms with E-state index in [1.165, 1.54) is 25.7 Å². The molecule has 1 heteroatoms. The van der Waals surface area contributed by atoms with E-state index in [0.717, 1.165) is 31.0 Å². The van der Waals surface area contributed by atoms with Gasteiger partial charge in [-0.05, 0) is 37.0 Å². The Morgan fingerprint density at radius 3 is 1.87 bits per heavy atom. The van der Waals surface area contributed by atoms with Crippen LogP contribution >= 0.6 is 0 Å². The molecule has 0 aromatic rings. The number of unbranched alkanes of at least 4 members (excludes halogenated alkanes) is 1. The predicted octanol–water partition coefficient (Wildman–Crippen LogP) is 4.51. The lowest BCUT2D eigenvalue weighted by Crippen LogP contribution is -2.15. The lowest BCUT2D eigenvalue weighted by atomic mass is 9.90. The molecular weight excluding hydrogens is 184 g/mol. The average molecular weight is 214 g/mol. The molecule has 0 atom stereocenters. The third-order valence-corrected chi connectivity index (χ3v) is 2.61. The molecule has 0 aromatic carbocycles. The van der Waals surface area contributed by atoms with E-state index in [1.54, 1.807) is 0 Å². The molecule has 0 aliphatic rings. The van der Waals surface area contributed by atoms with E-state index in [9.17, 15) is 0 Å². The quantitative estimate of drug-likeness (QED) is 0.513. The molecule has 0 aliphatic heterocycles.